The number of rotatable bonds is 4. The lowest BCUT2D eigenvalue weighted by Crippen LogP contribution is -2.27. The minimum atomic E-state index is -0.572. The number of hydrogen-bond acceptors (Lipinski definition) is 2. The number of epoxide rings is 1. The molecule has 0 amide bonds. The number of hydrogen-bond donors (Lipinski definition) is 1. The van der Waals surface area contributed by atoms with Gasteiger partial charge >= 0.3 is 0 Å². The molecule has 0 unspecified atom stereocenters. The van der Waals surface area contributed by atoms with E-state index in [0.717, 1.165) is 12.8 Å². The largest absolute Gasteiger partial charge is 0.386 e. The molecular weight excluding hydrogens is 212 g/mol. The Balaban J connectivity index is 1.76. The van der Waals surface area contributed by atoms with Crippen LogP contribution in [0.1, 0.15) is 53.4 Å². The zero-order chi connectivity index (χ0) is 12.7. The maximum Gasteiger partial charge on any atom is 0.0892 e. The van der Waals surface area contributed by atoms with Crippen molar-refractivity contribution in [3.8, 4) is 0 Å². The van der Waals surface area contributed by atoms with Crippen LogP contribution in [-0.2, 0) is 4.74 Å². The van der Waals surface area contributed by atoms with Gasteiger partial charge in [-0.05, 0) is 58.3 Å². The molecule has 1 N–H and O–H groups in total. The van der Waals surface area contributed by atoms with Gasteiger partial charge in [-0.2, -0.15) is 0 Å². The molecule has 2 nitrogen and oxygen atoms in total. The van der Waals surface area contributed by atoms with E-state index in [9.17, 15) is 5.11 Å². The van der Waals surface area contributed by atoms with Crippen molar-refractivity contribution >= 4 is 0 Å². The molecule has 1 saturated heterocycles. The van der Waals surface area contributed by atoms with E-state index in [1.165, 1.54) is 12.8 Å². The summed E-state index contributed by atoms with van der Waals surface area (Å²) in [4.78, 5) is 0. The molecular formula is C15H26O2. The molecule has 2 aliphatic rings. The standard InChI is InChI=1S/C15H26O2/c1-11(5-6-13-14(2,3)17-13)12-7-9-15(4,16)10-8-12/h7,9,11-13,16H,5-6,8,10H2,1-4H3/t11-,12+,13+,15+/m1/s1. The van der Waals surface area contributed by atoms with Crippen molar-refractivity contribution in [2.75, 3.05) is 0 Å². The van der Waals surface area contributed by atoms with Crippen LogP contribution in [0.4, 0.5) is 0 Å². The van der Waals surface area contributed by atoms with E-state index in [1.807, 2.05) is 13.0 Å². The third-order valence-electron chi connectivity index (χ3n) is 4.47. The first-order valence-electron chi connectivity index (χ1n) is 6.90. The summed E-state index contributed by atoms with van der Waals surface area (Å²) < 4.78 is 5.62. The van der Waals surface area contributed by atoms with Crippen LogP contribution in [0.5, 0.6) is 0 Å². The molecule has 0 spiro atoms. The predicted octanol–water partition coefficient (Wildman–Crippen LogP) is 3.30. The highest BCUT2D eigenvalue weighted by Crippen LogP contribution is 2.40. The van der Waals surface area contributed by atoms with Crippen molar-refractivity contribution in [1.82, 2.24) is 0 Å². The minimum Gasteiger partial charge on any atom is -0.386 e. The Morgan fingerprint density at radius 3 is 2.53 bits per heavy atom. The van der Waals surface area contributed by atoms with Crippen molar-refractivity contribution in [2.24, 2.45) is 11.8 Å². The second-order valence-electron chi connectivity index (χ2n) is 6.68. The lowest BCUT2D eigenvalue weighted by molar-refractivity contribution is 0.0830. The first-order chi connectivity index (χ1) is 7.80. The van der Waals surface area contributed by atoms with Gasteiger partial charge in [0.15, 0.2) is 0 Å². The summed E-state index contributed by atoms with van der Waals surface area (Å²) >= 11 is 0. The summed E-state index contributed by atoms with van der Waals surface area (Å²) in [7, 11) is 0. The SMILES string of the molecule is C[C@H](CC[C@@H]1OC1(C)C)[C@H]1C=C[C@](C)(O)CC1. The van der Waals surface area contributed by atoms with Gasteiger partial charge in [-0.3, -0.25) is 0 Å². The topological polar surface area (TPSA) is 32.8 Å². The zero-order valence-corrected chi connectivity index (χ0v) is 11.6. The third kappa shape index (κ3) is 3.32. The summed E-state index contributed by atoms with van der Waals surface area (Å²) in [6.07, 6.45) is 9.08. The van der Waals surface area contributed by atoms with Gasteiger partial charge in [-0.15, -0.1) is 0 Å². The highest BCUT2D eigenvalue weighted by Gasteiger charge is 2.47. The fraction of sp³-hybridized carbons (Fsp3) is 0.867. The number of allylic oxidation sites excluding steroid dienone is 1. The second kappa shape index (κ2) is 4.40. The van der Waals surface area contributed by atoms with Crippen LogP contribution in [0.25, 0.3) is 0 Å². The molecule has 0 bridgehead atoms. The van der Waals surface area contributed by atoms with Crippen LogP contribution in [0.3, 0.4) is 0 Å². The summed E-state index contributed by atoms with van der Waals surface area (Å²) in [5.41, 5.74) is -0.441. The van der Waals surface area contributed by atoms with Gasteiger partial charge in [0.1, 0.15) is 0 Å². The molecule has 0 radical (unpaired) electrons. The minimum absolute atomic E-state index is 0.131. The van der Waals surface area contributed by atoms with Gasteiger partial charge in [0.05, 0.1) is 17.3 Å². The molecule has 1 heterocycles. The van der Waals surface area contributed by atoms with Gasteiger partial charge in [0.25, 0.3) is 0 Å². The fourth-order valence-electron chi connectivity index (χ4n) is 2.81. The van der Waals surface area contributed by atoms with E-state index < -0.39 is 5.60 Å². The average Bonchev–Trinajstić information content (AvgIpc) is 2.83. The van der Waals surface area contributed by atoms with Crippen molar-refractivity contribution in [3.63, 3.8) is 0 Å². The van der Waals surface area contributed by atoms with Crippen LogP contribution in [0.15, 0.2) is 12.2 Å². The molecule has 17 heavy (non-hydrogen) atoms. The van der Waals surface area contributed by atoms with Crippen molar-refractivity contribution in [2.45, 2.75) is 70.7 Å². The van der Waals surface area contributed by atoms with E-state index in [2.05, 4.69) is 26.8 Å². The highest BCUT2D eigenvalue weighted by atomic mass is 16.6. The van der Waals surface area contributed by atoms with Gasteiger partial charge < -0.3 is 9.84 Å². The van der Waals surface area contributed by atoms with Gasteiger partial charge in [-0.25, -0.2) is 0 Å². The van der Waals surface area contributed by atoms with Gasteiger partial charge in [0.2, 0.25) is 0 Å². The average molecular weight is 238 g/mol. The van der Waals surface area contributed by atoms with E-state index in [4.69, 9.17) is 4.74 Å². The molecule has 1 aliphatic carbocycles. The maximum absolute atomic E-state index is 9.86. The highest BCUT2D eigenvalue weighted by molar-refractivity contribution is 5.06. The second-order valence-corrected chi connectivity index (χ2v) is 6.68. The molecule has 98 valence electrons. The van der Waals surface area contributed by atoms with Crippen LogP contribution >= 0.6 is 0 Å². The normalized spacial score (nSPS) is 41.2. The van der Waals surface area contributed by atoms with E-state index in [1.54, 1.807) is 0 Å². The number of ether oxygens (including phenoxy) is 1. The summed E-state index contributed by atoms with van der Waals surface area (Å²) in [5, 5.41) is 9.86. The Hall–Kier alpha value is -0.340. The monoisotopic (exact) mass is 238 g/mol. The summed E-state index contributed by atoms with van der Waals surface area (Å²) in [5.74, 6) is 1.33. The first kappa shape index (κ1) is 13.1. The van der Waals surface area contributed by atoms with Gasteiger partial charge in [-0.1, -0.05) is 19.1 Å². The Morgan fingerprint density at radius 1 is 1.41 bits per heavy atom. The van der Waals surface area contributed by atoms with E-state index in [-0.39, 0.29) is 5.60 Å². The van der Waals surface area contributed by atoms with Crippen LogP contribution in [0.2, 0.25) is 0 Å². The van der Waals surface area contributed by atoms with Crippen LogP contribution in [-0.4, -0.2) is 22.4 Å². The smallest absolute Gasteiger partial charge is 0.0892 e. The van der Waals surface area contributed by atoms with E-state index in [0.29, 0.717) is 17.9 Å². The van der Waals surface area contributed by atoms with E-state index >= 15 is 0 Å². The van der Waals surface area contributed by atoms with Crippen molar-refractivity contribution in [3.05, 3.63) is 12.2 Å². The molecule has 0 aromatic heterocycles. The Labute approximate surface area is 105 Å². The van der Waals surface area contributed by atoms with Crippen molar-refractivity contribution in [1.29, 1.82) is 0 Å². The Kier molecular flexibility index (Phi) is 3.39. The molecule has 1 fully saturated rings. The lowest BCUT2D eigenvalue weighted by atomic mass is 9.78. The van der Waals surface area contributed by atoms with Crippen LogP contribution < -0.4 is 0 Å². The quantitative estimate of drug-likeness (QED) is 0.602. The molecule has 4 atom stereocenters. The summed E-state index contributed by atoms with van der Waals surface area (Å²) in [6, 6.07) is 0. The molecule has 0 aromatic carbocycles. The van der Waals surface area contributed by atoms with Crippen LogP contribution in [0, 0.1) is 11.8 Å². The maximum atomic E-state index is 9.86. The first-order valence-corrected chi connectivity index (χ1v) is 6.90. The molecule has 0 aromatic rings. The van der Waals surface area contributed by atoms with Gasteiger partial charge in [0, 0.05) is 0 Å². The Morgan fingerprint density at radius 2 is 2.06 bits per heavy atom. The molecule has 2 heteroatoms. The Bertz CT molecular complexity index is 304. The van der Waals surface area contributed by atoms with Crippen molar-refractivity contribution < 1.29 is 9.84 Å². The fourth-order valence-corrected chi connectivity index (χ4v) is 2.81. The lowest BCUT2D eigenvalue weighted by Gasteiger charge is -2.30. The zero-order valence-electron chi connectivity index (χ0n) is 11.6. The predicted molar refractivity (Wildman–Crippen MR) is 69.8 cm³/mol. The third-order valence-corrected chi connectivity index (χ3v) is 4.47. The molecule has 0 saturated carbocycles. The number of aliphatic hydroxyl groups is 1. The molecule has 1 aliphatic heterocycles. The summed E-state index contributed by atoms with van der Waals surface area (Å²) in [6.45, 7) is 8.55. The molecule has 2 rings (SSSR count).